The van der Waals surface area contributed by atoms with E-state index in [1.54, 1.807) is 0 Å². The van der Waals surface area contributed by atoms with Crippen molar-refractivity contribution in [1.29, 1.82) is 0 Å². The van der Waals surface area contributed by atoms with Gasteiger partial charge < -0.3 is 5.32 Å². The molecule has 0 aromatic heterocycles. The van der Waals surface area contributed by atoms with Gasteiger partial charge in [0.05, 0.1) is 5.92 Å². The highest BCUT2D eigenvalue weighted by molar-refractivity contribution is 5.83. The summed E-state index contributed by atoms with van der Waals surface area (Å²) >= 11 is 0. The largest absolute Gasteiger partial charge is 0.356 e. The smallest absolute Gasteiger partial charge is 0.227 e. The van der Waals surface area contributed by atoms with Crippen molar-refractivity contribution >= 4 is 5.91 Å². The summed E-state index contributed by atoms with van der Waals surface area (Å²) in [5, 5.41) is 3.05. The molecule has 1 rings (SSSR count). The zero-order chi connectivity index (χ0) is 13.2. The molecular formula is C16H25NO. The Kier molecular flexibility index (Phi) is 7.16. The molecule has 1 amide bonds. The normalized spacial score (nSPS) is 12.1. The minimum Gasteiger partial charge on any atom is -0.356 e. The van der Waals surface area contributed by atoms with E-state index in [1.807, 2.05) is 30.3 Å². The number of benzene rings is 1. The molecule has 0 aliphatic rings. The van der Waals surface area contributed by atoms with E-state index in [-0.39, 0.29) is 11.8 Å². The second-order valence-corrected chi connectivity index (χ2v) is 4.72. The van der Waals surface area contributed by atoms with Gasteiger partial charge in [-0.1, -0.05) is 63.4 Å². The van der Waals surface area contributed by atoms with Crippen LogP contribution in [0.3, 0.4) is 0 Å². The van der Waals surface area contributed by atoms with Gasteiger partial charge in [0.15, 0.2) is 0 Å². The number of rotatable bonds is 8. The Morgan fingerprint density at radius 3 is 2.44 bits per heavy atom. The average Bonchev–Trinajstić information content (AvgIpc) is 2.40. The highest BCUT2D eigenvalue weighted by Crippen LogP contribution is 2.19. The van der Waals surface area contributed by atoms with Crippen molar-refractivity contribution in [2.24, 2.45) is 0 Å². The fraction of sp³-hybridized carbons (Fsp3) is 0.562. The minimum absolute atomic E-state index is 0.00243. The van der Waals surface area contributed by atoms with Crippen LogP contribution < -0.4 is 5.32 Å². The summed E-state index contributed by atoms with van der Waals surface area (Å²) in [7, 11) is 0. The minimum atomic E-state index is -0.00243. The number of carbonyl (C=O) groups is 1. The number of amides is 1. The second-order valence-electron chi connectivity index (χ2n) is 4.72. The van der Waals surface area contributed by atoms with E-state index >= 15 is 0 Å². The van der Waals surface area contributed by atoms with Crippen LogP contribution in [0, 0.1) is 0 Å². The molecule has 1 N–H and O–H groups in total. The Morgan fingerprint density at radius 2 is 1.83 bits per heavy atom. The molecule has 0 spiro atoms. The first-order valence-corrected chi connectivity index (χ1v) is 7.12. The summed E-state index contributed by atoms with van der Waals surface area (Å²) in [6.07, 6.45) is 5.63. The van der Waals surface area contributed by atoms with Gasteiger partial charge >= 0.3 is 0 Å². The van der Waals surface area contributed by atoms with Gasteiger partial charge in [-0.3, -0.25) is 4.79 Å². The van der Waals surface area contributed by atoms with E-state index in [0.29, 0.717) is 0 Å². The predicted molar refractivity (Wildman–Crippen MR) is 76.6 cm³/mol. The number of hydrogen-bond donors (Lipinski definition) is 1. The maximum absolute atomic E-state index is 12.1. The lowest BCUT2D eigenvalue weighted by atomic mass is 9.95. The number of hydrogen-bond acceptors (Lipinski definition) is 1. The van der Waals surface area contributed by atoms with Crippen LogP contribution in [-0.2, 0) is 4.79 Å². The van der Waals surface area contributed by atoms with Crippen LogP contribution >= 0.6 is 0 Å². The van der Waals surface area contributed by atoms with Crippen molar-refractivity contribution < 1.29 is 4.79 Å². The summed E-state index contributed by atoms with van der Waals surface area (Å²) in [4.78, 5) is 12.1. The van der Waals surface area contributed by atoms with Crippen molar-refractivity contribution in [2.45, 2.75) is 51.9 Å². The van der Waals surface area contributed by atoms with E-state index in [0.717, 1.165) is 24.9 Å². The SMILES string of the molecule is CCCCCCNC(=O)C(CC)c1ccccc1. The Hall–Kier alpha value is -1.31. The molecule has 0 radical (unpaired) electrons. The molecule has 2 nitrogen and oxygen atoms in total. The highest BCUT2D eigenvalue weighted by Gasteiger charge is 2.17. The summed E-state index contributed by atoms with van der Waals surface area (Å²) in [6, 6.07) is 10.0. The summed E-state index contributed by atoms with van der Waals surface area (Å²) < 4.78 is 0. The van der Waals surface area contributed by atoms with Crippen molar-refractivity contribution in [2.75, 3.05) is 6.54 Å². The van der Waals surface area contributed by atoms with E-state index in [9.17, 15) is 4.79 Å². The number of unbranched alkanes of at least 4 members (excludes halogenated alkanes) is 3. The van der Waals surface area contributed by atoms with Crippen LogP contribution in [0.4, 0.5) is 0 Å². The zero-order valence-corrected chi connectivity index (χ0v) is 11.6. The molecule has 1 atom stereocenters. The molecule has 2 heteroatoms. The van der Waals surface area contributed by atoms with Gasteiger partial charge in [-0.25, -0.2) is 0 Å². The molecule has 0 heterocycles. The van der Waals surface area contributed by atoms with Crippen molar-refractivity contribution in [3.63, 3.8) is 0 Å². The van der Waals surface area contributed by atoms with E-state index in [4.69, 9.17) is 0 Å². The quantitative estimate of drug-likeness (QED) is 0.694. The van der Waals surface area contributed by atoms with Crippen LogP contribution in [0.25, 0.3) is 0 Å². The van der Waals surface area contributed by atoms with Gasteiger partial charge in [0, 0.05) is 6.54 Å². The molecule has 0 fully saturated rings. The molecule has 0 aliphatic carbocycles. The Morgan fingerprint density at radius 1 is 1.11 bits per heavy atom. The lowest BCUT2D eigenvalue weighted by Gasteiger charge is -2.15. The predicted octanol–water partition coefficient (Wildman–Crippen LogP) is 3.88. The zero-order valence-electron chi connectivity index (χ0n) is 11.6. The van der Waals surface area contributed by atoms with Gasteiger partial charge in [-0.05, 0) is 18.4 Å². The molecule has 0 saturated carbocycles. The summed E-state index contributed by atoms with van der Waals surface area (Å²) in [6.45, 7) is 5.07. The number of nitrogens with one attached hydrogen (secondary N) is 1. The van der Waals surface area contributed by atoms with Crippen LogP contribution in [0.2, 0.25) is 0 Å². The van der Waals surface area contributed by atoms with Gasteiger partial charge in [0.2, 0.25) is 5.91 Å². The summed E-state index contributed by atoms with van der Waals surface area (Å²) in [5.41, 5.74) is 1.12. The lowest BCUT2D eigenvalue weighted by molar-refractivity contribution is -0.122. The standard InChI is InChI=1S/C16H25NO/c1-3-5-6-10-13-17-16(18)15(4-2)14-11-8-7-9-12-14/h7-9,11-12,15H,3-6,10,13H2,1-2H3,(H,17,18). The first kappa shape index (κ1) is 14.7. The molecule has 1 aromatic rings. The molecule has 1 unspecified atom stereocenters. The van der Waals surface area contributed by atoms with Gasteiger partial charge in [-0.15, -0.1) is 0 Å². The van der Waals surface area contributed by atoms with E-state index in [1.165, 1.54) is 19.3 Å². The van der Waals surface area contributed by atoms with Gasteiger partial charge in [-0.2, -0.15) is 0 Å². The van der Waals surface area contributed by atoms with Crippen LogP contribution in [-0.4, -0.2) is 12.5 Å². The molecule has 18 heavy (non-hydrogen) atoms. The second kappa shape index (κ2) is 8.73. The van der Waals surface area contributed by atoms with Crippen molar-refractivity contribution in [1.82, 2.24) is 5.32 Å². The van der Waals surface area contributed by atoms with Crippen LogP contribution in [0.5, 0.6) is 0 Å². The maximum atomic E-state index is 12.1. The van der Waals surface area contributed by atoms with Crippen molar-refractivity contribution in [3.8, 4) is 0 Å². The van der Waals surface area contributed by atoms with E-state index in [2.05, 4.69) is 19.2 Å². The van der Waals surface area contributed by atoms with E-state index < -0.39 is 0 Å². The van der Waals surface area contributed by atoms with Crippen LogP contribution in [0.15, 0.2) is 30.3 Å². The third kappa shape index (κ3) is 4.91. The number of carbonyl (C=O) groups excluding carboxylic acids is 1. The average molecular weight is 247 g/mol. The van der Waals surface area contributed by atoms with Crippen LogP contribution in [0.1, 0.15) is 57.4 Å². The maximum Gasteiger partial charge on any atom is 0.227 e. The Labute approximate surface area is 111 Å². The molecule has 1 aromatic carbocycles. The fourth-order valence-electron chi connectivity index (χ4n) is 2.14. The lowest BCUT2D eigenvalue weighted by Crippen LogP contribution is -2.29. The molecule has 0 saturated heterocycles. The first-order valence-electron chi connectivity index (χ1n) is 7.12. The van der Waals surface area contributed by atoms with Gasteiger partial charge in [0.1, 0.15) is 0 Å². The van der Waals surface area contributed by atoms with Crippen molar-refractivity contribution in [3.05, 3.63) is 35.9 Å². The molecule has 0 bridgehead atoms. The first-order chi connectivity index (χ1) is 8.79. The summed E-state index contributed by atoms with van der Waals surface area (Å²) in [5.74, 6) is 0.164. The monoisotopic (exact) mass is 247 g/mol. The third-order valence-electron chi connectivity index (χ3n) is 3.26. The highest BCUT2D eigenvalue weighted by atomic mass is 16.1. The molecule has 0 aliphatic heterocycles. The molecular weight excluding hydrogens is 222 g/mol. The Balaban J connectivity index is 2.39. The molecule has 100 valence electrons. The third-order valence-corrected chi connectivity index (χ3v) is 3.26. The topological polar surface area (TPSA) is 29.1 Å². The van der Waals surface area contributed by atoms with Gasteiger partial charge in [0.25, 0.3) is 0 Å². The fourth-order valence-corrected chi connectivity index (χ4v) is 2.14. The Bertz CT molecular complexity index is 334.